The maximum absolute atomic E-state index is 12.7. The Morgan fingerprint density at radius 2 is 2.04 bits per heavy atom. The van der Waals surface area contributed by atoms with Gasteiger partial charge in [-0.05, 0) is 23.8 Å². The fourth-order valence-corrected chi connectivity index (χ4v) is 1.65. The summed E-state index contributed by atoms with van der Waals surface area (Å²) >= 11 is 0. The molecule has 0 saturated heterocycles. The highest BCUT2D eigenvalue weighted by Crippen LogP contribution is 2.16. The third-order valence-electron chi connectivity index (χ3n) is 2.71. The van der Waals surface area contributed by atoms with Crippen molar-refractivity contribution in [3.8, 4) is 0 Å². The molecule has 0 radical (unpaired) electrons. The molecule has 0 aliphatic rings. The lowest BCUT2D eigenvalue weighted by atomic mass is 10.2. The molecule has 8 heteroatoms. The summed E-state index contributed by atoms with van der Waals surface area (Å²) in [5.41, 5.74) is 0.837. The molecule has 0 bridgehead atoms. The smallest absolute Gasteiger partial charge is 0.271 e. The van der Waals surface area contributed by atoms with Crippen molar-refractivity contribution in [1.29, 1.82) is 0 Å². The van der Waals surface area contributed by atoms with Crippen LogP contribution in [-0.2, 0) is 16.2 Å². The Balaban J connectivity index is 1.83. The maximum Gasteiger partial charge on any atom is 0.271 e. The van der Waals surface area contributed by atoms with Crippen molar-refractivity contribution < 1.29 is 18.9 Å². The number of nitrogens with zero attached hydrogens (tertiary/aromatic N) is 2. The molecule has 2 rings (SSSR count). The number of halogens is 1. The molecular formula is C15H12FN3O4. The van der Waals surface area contributed by atoms with E-state index in [0.717, 1.165) is 6.21 Å². The van der Waals surface area contributed by atoms with E-state index in [-0.39, 0.29) is 23.8 Å². The highest BCUT2D eigenvalue weighted by Gasteiger charge is 2.07. The van der Waals surface area contributed by atoms with E-state index in [0.29, 0.717) is 5.56 Å². The number of non-ortho nitro benzene ring substituents is 1. The van der Waals surface area contributed by atoms with Gasteiger partial charge in [0.05, 0.1) is 4.92 Å². The van der Waals surface area contributed by atoms with Crippen molar-refractivity contribution in [1.82, 2.24) is 0 Å². The fraction of sp³-hybridized carbons (Fsp3) is 0.0667. The van der Waals surface area contributed by atoms with Gasteiger partial charge in [0.1, 0.15) is 18.6 Å². The zero-order valence-corrected chi connectivity index (χ0v) is 11.8. The second-order valence-electron chi connectivity index (χ2n) is 4.43. The Morgan fingerprint density at radius 1 is 1.30 bits per heavy atom. The second-order valence-corrected chi connectivity index (χ2v) is 4.43. The Bertz CT molecular complexity index is 732. The molecule has 1 N–H and O–H groups in total. The van der Waals surface area contributed by atoms with Crippen molar-refractivity contribution in [3.63, 3.8) is 0 Å². The van der Waals surface area contributed by atoms with Crippen LogP contribution in [0.25, 0.3) is 0 Å². The lowest BCUT2D eigenvalue weighted by molar-refractivity contribution is -0.384. The summed E-state index contributed by atoms with van der Waals surface area (Å²) in [4.78, 5) is 26.6. The highest BCUT2D eigenvalue weighted by molar-refractivity contribution is 6.31. The largest absolute Gasteiger partial charge is 0.391 e. The maximum atomic E-state index is 12.7. The summed E-state index contributed by atoms with van der Waals surface area (Å²) in [6.07, 6.45) is 0.905. The van der Waals surface area contributed by atoms with E-state index in [9.17, 15) is 19.3 Å². The molecule has 0 heterocycles. The number of anilines is 1. The van der Waals surface area contributed by atoms with Crippen LogP contribution in [0.15, 0.2) is 53.7 Å². The fourth-order valence-electron chi connectivity index (χ4n) is 1.65. The molecule has 0 aromatic heterocycles. The number of carbonyl (C=O) groups excluding carboxylic acids is 1. The van der Waals surface area contributed by atoms with E-state index in [2.05, 4.69) is 10.5 Å². The zero-order chi connectivity index (χ0) is 16.7. The first-order chi connectivity index (χ1) is 11.0. The van der Waals surface area contributed by atoms with E-state index in [1.807, 2.05) is 0 Å². The number of hydrogen-bond donors (Lipinski definition) is 1. The average molecular weight is 317 g/mol. The summed E-state index contributed by atoms with van der Waals surface area (Å²) in [5, 5.41) is 16.5. The molecule has 2 aromatic rings. The van der Waals surface area contributed by atoms with Crippen molar-refractivity contribution in [3.05, 3.63) is 70.0 Å². The summed E-state index contributed by atoms with van der Waals surface area (Å²) in [6.45, 7) is 0.0842. The van der Waals surface area contributed by atoms with Gasteiger partial charge in [0, 0.05) is 17.8 Å². The molecule has 23 heavy (non-hydrogen) atoms. The minimum absolute atomic E-state index is 0.0842. The summed E-state index contributed by atoms with van der Waals surface area (Å²) < 4.78 is 12.7. The number of hydrogen-bond acceptors (Lipinski definition) is 5. The summed E-state index contributed by atoms with van der Waals surface area (Å²) in [6, 6.07) is 11.2. The molecule has 2 aromatic carbocycles. The van der Waals surface area contributed by atoms with Crippen molar-refractivity contribution in [2.75, 3.05) is 5.32 Å². The van der Waals surface area contributed by atoms with Gasteiger partial charge in [-0.2, -0.15) is 0 Å². The molecule has 7 nitrogen and oxygen atoms in total. The van der Waals surface area contributed by atoms with Crippen LogP contribution in [0.4, 0.5) is 15.8 Å². The molecule has 0 spiro atoms. The van der Waals surface area contributed by atoms with Gasteiger partial charge >= 0.3 is 0 Å². The monoisotopic (exact) mass is 317 g/mol. The van der Waals surface area contributed by atoms with Crippen LogP contribution >= 0.6 is 0 Å². The number of rotatable bonds is 6. The van der Waals surface area contributed by atoms with Gasteiger partial charge in [-0.1, -0.05) is 23.4 Å². The number of nitro benzene ring substituents is 1. The molecular weight excluding hydrogens is 305 g/mol. The predicted molar refractivity (Wildman–Crippen MR) is 81.4 cm³/mol. The van der Waals surface area contributed by atoms with E-state index < -0.39 is 10.8 Å². The second kappa shape index (κ2) is 7.64. The van der Waals surface area contributed by atoms with Crippen LogP contribution in [0.1, 0.15) is 5.56 Å². The number of benzene rings is 2. The highest BCUT2D eigenvalue weighted by atomic mass is 19.1. The molecule has 1 amide bonds. The van der Waals surface area contributed by atoms with Gasteiger partial charge in [-0.15, -0.1) is 0 Å². The number of amides is 1. The molecule has 0 saturated carbocycles. The number of nitro groups is 1. The van der Waals surface area contributed by atoms with Crippen LogP contribution < -0.4 is 5.32 Å². The van der Waals surface area contributed by atoms with Gasteiger partial charge in [0.2, 0.25) is 0 Å². The third kappa shape index (κ3) is 5.20. The van der Waals surface area contributed by atoms with Gasteiger partial charge < -0.3 is 10.2 Å². The summed E-state index contributed by atoms with van der Waals surface area (Å²) in [5.74, 6) is -0.946. The van der Waals surface area contributed by atoms with Gasteiger partial charge in [0.25, 0.3) is 11.6 Å². The van der Waals surface area contributed by atoms with Crippen LogP contribution in [0.5, 0.6) is 0 Å². The van der Waals surface area contributed by atoms with Crippen molar-refractivity contribution in [2.45, 2.75) is 6.61 Å². The third-order valence-corrected chi connectivity index (χ3v) is 2.71. The molecule has 0 unspecified atom stereocenters. The van der Waals surface area contributed by atoms with Crippen molar-refractivity contribution >= 4 is 23.5 Å². The van der Waals surface area contributed by atoms with E-state index in [1.165, 1.54) is 48.5 Å². The Morgan fingerprint density at radius 3 is 2.74 bits per heavy atom. The van der Waals surface area contributed by atoms with E-state index in [1.54, 1.807) is 0 Å². The SMILES string of the molecule is O=C(C=NOCc1ccc(F)cc1)Nc1cccc([N+](=O)[O-])c1. The molecule has 0 aliphatic carbocycles. The minimum atomic E-state index is -0.593. The first-order valence-corrected chi connectivity index (χ1v) is 6.50. The summed E-state index contributed by atoms with van der Waals surface area (Å²) in [7, 11) is 0. The Kier molecular flexibility index (Phi) is 5.35. The zero-order valence-electron chi connectivity index (χ0n) is 11.8. The van der Waals surface area contributed by atoms with Crippen LogP contribution in [0.3, 0.4) is 0 Å². The number of nitrogens with one attached hydrogen (secondary N) is 1. The van der Waals surface area contributed by atoms with E-state index in [4.69, 9.17) is 4.84 Å². The molecule has 0 aliphatic heterocycles. The topological polar surface area (TPSA) is 93.8 Å². The average Bonchev–Trinajstić information content (AvgIpc) is 2.53. The molecule has 0 atom stereocenters. The predicted octanol–water partition coefficient (Wildman–Crippen LogP) is 2.88. The first-order valence-electron chi connectivity index (χ1n) is 6.50. The molecule has 0 fully saturated rings. The quantitative estimate of drug-likeness (QED) is 0.503. The normalized spacial score (nSPS) is 10.5. The standard InChI is InChI=1S/C15H12FN3O4/c16-12-6-4-11(5-7-12)10-23-17-9-15(20)18-13-2-1-3-14(8-13)19(21)22/h1-9H,10H2,(H,18,20). The first kappa shape index (κ1) is 16.1. The number of oxime groups is 1. The van der Waals surface area contributed by atoms with Crippen LogP contribution in [-0.4, -0.2) is 17.0 Å². The van der Waals surface area contributed by atoms with Gasteiger partial charge in [0.15, 0.2) is 0 Å². The van der Waals surface area contributed by atoms with E-state index >= 15 is 0 Å². The number of carbonyl (C=O) groups is 1. The Hall–Kier alpha value is -3.29. The van der Waals surface area contributed by atoms with Crippen LogP contribution in [0.2, 0.25) is 0 Å². The van der Waals surface area contributed by atoms with Crippen LogP contribution in [0, 0.1) is 15.9 Å². The van der Waals surface area contributed by atoms with Gasteiger partial charge in [-0.25, -0.2) is 4.39 Å². The Labute approximate surface area is 130 Å². The lowest BCUT2D eigenvalue weighted by Gasteiger charge is -2.02. The minimum Gasteiger partial charge on any atom is -0.391 e. The van der Waals surface area contributed by atoms with Crippen molar-refractivity contribution in [2.24, 2.45) is 5.16 Å². The van der Waals surface area contributed by atoms with Gasteiger partial charge in [-0.3, -0.25) is 14.9 Å². The lowest BCUT2D eigenvalue weighted by Crippen LogP contribution is -2.12. The molecule has 118 valence electrons.